The second-order valence-corrected chi connectivity index (χ2v) is 3.21. The Morgan fingerprint density at radius 3 is 1.15 bits per heavy atom. The van der Waals surface area contributed by atoms with Crippen molar-refractivity contribution in [1.29, 1.82) is 0 Å². The number of nitrogens with two attached hydrogens (primary N) is 2. The van der Waals surface area contributed by atoms with Crippen molar-refractivity contribution in [3.8, 4) is 0 Å². The minimum Gasteiger partial charge on any atom is -1.00 e. The zero-order chi connectivity index (χ0) is 12.0. The van der Waals surface area contributed by atoms with Crippen LogP contribution in [-0.4, -0.2) is 0 Å². The van der Waals surface area contributed by atoms with Gasteiger partial charge < -0.3 is 61.1 Å². The quantitative estimate of drug-likeness (QED) is 0.369. The van der Waals surface area contributed by atoms with Crippen LogP contribution in [0.25, 0.3) is 0 Å². The molecule has 2 rings (SSSR count). The average molecular weight is 364 g/mol. The molecule has 0 spiro atoms. The summed E-state index contributed by atoms with van der Waals surface area (Å²) in [5.41, 5.74) is 19.5. The highest BCUT2D eigenvalue weighted by Crippen LogP contribution is 2.00. The first-order chi connectivity index (χ1) is 7.61. The summed E-state index contributed by atoms with van der Waals surface area (Å²) in [4.78, 5) is 5.73. The molecule has 0 aliphatic rings. The standard InChI is InChI=1S/2C5H7N3.4ClH/c2*6-4-2-1-3-8-5(4)7;;;;/h2*1-3H,6H2,(H2,7,8);4*1H. The van der Waals surface area contributed by atoms with E-state index < -0.39 is 0 Å². The molecule has 0 radical (unpaired) electrons. The molecule has 0 fully saturated rings. The molecule has 116 valence electrons. The van der Waals surface area contributed by atoms with E-state index in [0.717, 1.165) is 11.6 Å². The van der Waals surface area contributed by atoms with Crippen LogP contribution in [-0.2, 0) is 0 Å². The van der Waals surface area contributed by atoms with Gasteiger partial charge in [0, 0.05) is 12.1 Å². The molecule has 0 amide bonds. The van der Waals surface area contributed by atoms with E-state index in [9.17, 15) is 0 Å². The Morgan fingerprint density at radius 1 is 0.700 bits per heavy atom. The zero-order valence-corrected chi connectivity index (χ0v) is 13.6. The molecule has 10 heteroatoms. The van der Waals surface area contributed by atoms with E-state index >= 15 is 0 Å². The molecule has 6 nitrogen and oxygen atoms in total. The molecule has 2 aromatic heterocycles. The van der Waals surface area contributed by atoms with Crippen LogP contribution in [0.1, 0.15) is 0 Å². The van der Waals surface area contributed by atoms with Crippen LogP contribution in [0.3, 0.4) is 0 Å². The van der Waals surface area contributed by atoms with Gasteiger partial charge in [0.2, 0.25) is 0 Å². The number of pyridine rings is 2. The van der Waals surface area contributed by atoms with Crippen LogP contribution in [0, 0.1) is 0 Å². The molecule has 20 heavy (non-hydrogen) atoms. The van der Waals surface area contributed by atoms with Crippen molar-refractivity contribution in [3.63, 3.8) is 0 Å². The summed E-state index contributed by atoms with van der Waals surface area (Å²) >= 11 is 0. The Labute approximate surface area is 142 Å². The van der Waals surface area contributed by atoms with Gasteiger partial charge >= 0.3 is 11.6 Å². The lowest BCUT2D eigenvalue weighted by atomic mass is 10.4. The molecule has 2 heterocycles. The normalized spacial score (nSPS) is 7.30. The number of aromatic nitrogens is 2. The third-order valence-electron chi connectivity index (χ3n) is 1.96. The number of H-pyrrole nitrogens is 2. The van der Waals surface area contributed by atoms with E-state index in [2.05, 4.69) is 21.4 Å². The third-order valence-corrected chi connectivity index (χ3v) is 1.96. The van der Waals surface area contributed by atoms with Gasteiger partial charge in [-0.1, -0.05) is 0 Å². The fraction of sp³-hybridized carbons (Fsp3) is 0. The summed E-state index contributed by atoms with van der Waals surface area (Å²) in [6.07, 6.45) is 3.58. The van der Waals surface area contributed by atoms with Gasteiger partial charge in [-0.25, -0.2) is 0 Å². The predicted molar refractivity (Wildman–Crippen MR) is 59.9 cm³/mol. The molecule has 0 aliphatic heterocycles. The first-order valence-corrected chi connectivity index (χ1v) is 4.77. The van der Waals surface area contributed by atoms with Gasteiger partial charge in [0.05, 0.1) is 0 Å². The zero-order valence-electron chi connectivity index (χ0n) is 10.5. The second kappa shape index (κ2) is 14.4. The molecule has 0 aromatic carbocycles. The number of hydrogen-bond donors (Lipinski definition) is 4. The maximum absolute atomic E-state index is 5.43. The van der Waals surface area contributed by atoms with E-state index in [1.807, 2.05) is 12.1 Å². The molecule has 0 bridgehead atoms. The van der Waals surface area contributed by atoms with Crippen molar-refractivity contribution in [2.45, 2.75) is 0 Å². The number of halogens is 4. The molecule has 0 saturated carbocycles. The molecule has 0 unspecified atom stereocenters. The number of aromatic amines is 2. The Kier molecular flexibility index (Phi) is 19.7. The highest BCUT2D eigenvalue weighted by atomic mass is 35.5. The van der Waals surface area contributed by atoms with Gasteiger partial charge in [-0.15, -0.1) is 0 Å². The van der Waals surface area contributed by atoms with Crippen molar-refractivity contribution < 1.29 is 71.1 Å². The topological polar surface area (TPSA) is 136 Å². The Balaban J connectivity index is -0.000000107. The summed E-state index contributed by atoms with van der Waals surface area (Å²) in [6.45, 7) is 0. The Hall–Kier alpha value is -1.02. The number of anilines is 2. The molecular formula is C10H18Cl4N6. The average Bonchev–Trinajstić information content (AvgIpc) is 2.28. The van der Waals surface area contributed by atoms with E-state index in [-0.39, 0.29) is 49.6 Å². The first kappa shape index (κ1) is 27.3. The van der Waals surface area contributed by atoms with Crippen LogP contribution < -0.4 is 82.5 Å². The predicted octanol–water partition coefficient (Wildman–Crippen LogP) is -14.1. The number of nitrogen functional groups attached to an aromatic ring is 2. The van der Waals surface area contributed by atoms with Crippen molar-refractivity contribution in [2.24, 2.45) is 0 Å². The van der Waals surface area contributed by atoms with Crippen LogP contribution >= 0.6 is 0 Å². The maximum Gasteiger partial charge on any atom is 0.385 e. The first-order valence-electron chi connectivity index (χ1n) is 4.77. The fourth-order valence-electron chi connectivity index (χ4n) is 0.969. The molecule has 0 aliphatic carbocycles. The van der Waals surface area contributed by atoms with Crippen LogP contribution in [0.4, 0.5) is 23.0 Å². The lowest BCUT2D eigenvalue weighted by Crippen LogP contribution is -3.00. The van der Waals surface area contributed by atoms with Gasteiger partial charge in [-0.2, -0.15) is 9.97 Å². The molecule has 12 N–H and O–H groups in total. The van der Waals surface area contributed by atoms with Gasteiger partial charge in [-0.05, 0) is 12.1 Å². The van der Waals surface area contributed by atoms with Crippen molar-refractivity contribution in [2.75, 3.05) is 11.5 Å². The number of rotatable bonds is 0. The minimum absolute atomic E-state index is 0. The van der Waals surface area contributed by atoms with Crippen LogP contribution in [0.15, 0.2) is 36.7 Å². The molecule has 0 saturated heterocycles. The van der Waals surface area contributed by atoms with Crippen LogP contribution in [0.2, 0.25) is 0 Å². The molecule has 2 aromatic rings. The van der Waals surface area contributed by atoms with Crippen LogP contribution in [0.5, 0.6) is 0 Å². The fourth-order valence-corrected chi connectivity index (χ4v) is 0.969. The van der Waals surface area contributed by atoms with Crippen molar-refractivity contribution in [1.82, 2.24) is 0 Å². The molecular weight excluding hydrogens is 346 g/mol. The summed E-state index contributed by atoms with van der Waals surface area (Å²) in [6, 6.07) is 7.28. The highest BCUT2D eigenvalue weighted by molar-refractivity contribution is 5.47. The smallest absolute Gasteiger partial charge is 0.385 e. The summed E-state index contributed by atoms with van der Waals surface area (Å²) in [7, 11) is 0. The molecule has 0 atom stereocenters. The van der Waals surface area contributed by atoms with E-state index in [1.54, 1.807) is 24.5 Å². The lowest BCUT2D eigenvalue weighted by molar-refractivity contribution is -0.477. The summed E-state index contributed by atoms with van der Waals surface area (Å²) < 4.78 is 0. The number of nitrogens with one attached hydrogen (secondary N) is 2. The summed E-state index contributed by atoms with van der Waals surface area (Å²) in [5.74, 6) is 1.54. The summed E-state index contributed by atoms with van der Waals surface area (Å²) in [5, 5.41) is 0. The van der Waals surface area contributed by atoms with Crippen molar-refractivity contribution >= 4 is 23.0 Å². The van der Waals surface area contributed by atoms with E-state index in [1.165, 1.54) is 0 Å². The third kappa shape index (κ3) is 9.85. The minimum atomic E-state index is 0. The highest BCUT2D eigenvalue weighted by Gasteiger charge is 2.00. The largest absolute Gasteiger partial charge is 1.00 e. The van der Waals surface area contributed by atoms with E-state index in [4.69, 9.17) is 11.5 Å². The monoisotopic (exact) mass is 362 g/mol. The van der Waals surface area contributed by atoms with E-state index in [0.29, 0.717) is 11.4 Å². The second-order valence-electron chi connectivity index (χ2n) is 3.21. The van der Waals surface area contributed by atoms with Crippen molar-refractivity contribution in [3.05, 3.63) is 36.7 Å². The number of hydrogen-bond acceptors (Lipinski definition) is 2. The maximum atomic E-state index is 5.43. The SMILES string of the molecule is Nc1ccc[nH+]c1[NH3+].Nc1ccc[nH+]c1[NH3+].[Cl-].[Cl-].[Cl-].[Cl-]. The van der Waals surface area contributed by atoms with Gasteiger partial charge in [-0.3, -0.25) is 11.5 Å². The lowest BCUT2D eigenvalue weighted by Gasteiger charge is -1.82. The Morgan fingerprint density at radius 2 is 1.00 bits per heavy atom. The van der Waals surface area contributed by atoms with Gasteiger partial charge in [0.25, 0.3) is 0 Å². The van der Waals surface area contributed by atoms with Gasteiger partial charge in [0.1, 0.15) is 0 Å². The number of quaternary nitrogens is 2. The van der Waals surface area contributed by atoms with Gasteiger partial charge in [0.15, 0.2) is 23.8 Å². The Bertz CT molecular complexity index is 386.